The number of aliphatic hydroxyl groups is 1. The molecule has 184 valence electrons. The molecule has 2 aromatic carbocycles. The van der Waals surface area contributed by atoms with Gasteiger partial charge in [0.25, 0.3) is 5.91 Å². The highest BCUT2D eigenvalue weighted by molar-refractivity contribution is 7.17. The zero-order chi connectivity index (χ0) is 25.8. The zero-order valence-electron chi connectivity index (χ0n) is 20.2. The average Bonchev–Trinajstić information content (AvgIpc) is 3.39. The minimum atomic E-state index is -0.920. The van der Waals surface area contributed by atoms with Gasteiger partial charge in [-0.1, -0.05) is 66.8 Å². The Bertz CT molecular complexity index is 1360. The van der Waals surface area contributed by atoms with E-state index in [-0.39, 0.29) is 16.5 Å². The van der Waals surface area contributed by atoms with E-state index in [1.807, 2.05) is 37.3 Å². The van der Waals surface area contributed by atoms with Crippen LogP contribution in [0.3, 0.4) is 0 Å². The molecule has 0 fully saturated rings. The Labute approximate surface area is 213 Å². The van der Waals surface area contributed by atoms with Crippen LogP contribution < -0.4 is 9.64 Å². The third-order valence-electron chi connectivity index (χ3n) is 5.68. The number of carbonyl (C=O) groups excluding carboxylic acids is 3. The number of Topliss-reactive ketones (excluding diaryl/α,β-unsaturated/α-hetero) is 1. The Hall–Kier alpha value is -4.04. The molecule has 0 saturated carbocycles. The van der Waals surface area contributed by atoms with Crippen molar-refractivity contribution in [3.63, 3.8) is 0 Å². The zero-order valence-corrected chi connectivity index (χ0v) is 21.0. The molecule has 8 heteroatoms. The number of hydrogen-bond donors (Lipinski definition) is 1. The molecule has 1 amide bonds. The fourth-order valence-electron chi connectivity index (χ4n) is 3.97. The fourth-order valence-corrected chi connectivity index (χ4v) is 4.96. The molecule has 0 aliphatic carbocycles. The molecule has 1 atom stereocenters. The van der Waals surface area contributed by atoms with Crippen LogP contribution in [0.15, 0.2) is 72.0 Å². The standard InChI is InChI=1S/C28H26N2O5S/c1-4-16-35-21-13-11-20(12-14-21)24-23(22(32)15-10-19-8-6-5-7-9-19)25(33)27(34)30(24)28-29-17(2)26(36-28)18(3)31/h5-15,24,33H,4,16H2,1-3H3/b15-10+. The van der Waals surface area contributed by atoms with Gasteiger partial charge in [0.1, 0.15) is 5.75 Å². The third kappa shape index (κ3) is 4.99. The van der Waals surface area contributed by atoms with Crippen molar-refractivity contribution in [3.8, 4) is 5.75 Å². The molecule has 1 aliphatic rings. The van der Waals surface area contributed by atoms with Crippen LogP contribution in [0.1, 0.15) is 52.8 Å². The molecule has 1 aromatic heterocycles. The fraction of sp³-hybridized carbons (Fsp3) is 0.214. The van der Waals surface area contributed by atoms with Gasteiger partial charge in [-0.25, -0.2) is 4.98 Å². The van der Waals surface area contributed by atoms with E-state index in [4.69, 9.17) is 4.74 Å². The molecule has 2 heterocycles. The number of rotatable bonds is 9. The molecule has 0 saturated heterocycles. The van der Waals surface area contributed by atoms with Gasteiger partial charge in [0.15, 0.2) is 22.5 Å². The van der Waals surface area contributed by atoms with E-state index in [1.54, 1.807) is 37.3 Å². The number of aromatic nitrogens is 1. The van der Waals surface area contributed by atoms with Crippen LogP contribution in [0.4, 0.5) is 5.13 Å². The van der Waals surface area contributed by atoms with Crippen molar-refractivity contribution >= 4 is 40.0 Å². The third-order valence-corrected chi connectivity index (χ3v) is 6.94. The molecule has 1 aliphatic heterocycles. The summed E-state index contributed by atoms with van der Waals surface area (Å²) in [5.41, 5.74) is 1.85. The highest BCUT2D eigenvalue weighted by atomic mass is 32.1. The first-order valence-corrected chi connectivity index (χ1v) is 12.4. The molecule has 3 aromatic rings. The molecule has 1 N–H and O–H groups in total. The van der Waals surface area contributed by atoms with E-state index < -0.39 is 23.5 Å². The minimum absolute atomic E-state index is 0.0494. The largest absolute Gasteiger partial charge is 0.503 e. The van der Waals surface area contributed by atoms with Crippen molar-refractivity contribution in [2.45, 2.75) is 33.2 Å². The van der Waals surface area contributed by atoms with Crippen molar-refractivity contribution in [2.75, 3.05) is 11.5 Å². The summed E-state index contributed by atoms with van der Waals surface area (Å²) in [5.74, 6) is -1.39. The summed E-state index contributed by atoms with van der Waals surface area (Å²) < 4.78 is 5.67. The Kier molecular flexibility index (Phi) is 7.45. The van der Waals surface area contributed by atoms with Crippen LogP contribution in [0.25, 0.3) is 6.08 Å². The number of nitrogens with zero attached hydrogens (tertiary/aromatic N) is 2. The van der Waals surface area contributed by atoms with Gasteiger partial charge in [-0.2, -0.15) is 0 Å². The maximum atomic E-state index is 13.3. The van der Waals surface area contributed by atoms with Crippen LogP contribution in [-0.2, 0) is 9.59 Å². The van der Waals surface area contributed by atoms with Crippen molar-refractivity contribution in [1.82, 2.24) is 4.98 Å². The van der Waals surface area contributed by atoms with Crippen LogP contribution in [0.2, 0.25) is 0 Å². The van der Waals surface area contributed by atoms with Crippen LogP contribution in [0.5, 0.6) is 5.75 Å². The molecular formula is C28H26N2O5S. The van der Waals surface area contributed by atoms with Gasteiger partial charge in [-0.3, -0.25) is 19.3 Å². The highest BCUT2D eigenvalue weighted by Gasteiger charge is 2.45. The van der Waals surface area contributed by atoms with Crippen molar-refractivity contribution < 1.29 is 24.2 Å². The van der Waals surface area contributed by atoms with Crippen LogP contribution >= 0.6 is 11.3 Å². The average molecular weight is 503 g/mol. The molecule has 0 spiro atoms. The molecule has 7 nitrogen and oxygen atoms in total. The maximum absolute atomic E-state index is 13.3. The SMILES string of the molecule is CCCOc1ccc(C2C(C(=O)/C=C/c3ccccc3)=C(O)C(=O)N2c2nc(C)c(C(C)=O)s2)cc1. The second kappa shape index (κ2) is 10.7. The molecular weight excluding hydrogens is 476 g/mol. The predicted octanol–water partition coefficient (Wildman–Crippen LogP) is 5.63. The van der Waals surface area contributed by atoms with Gasteiger partial charge in [0.05, 0.1) is 28.8 Å². The number of thiazole rings is 1. The Morgan fingerprint density at radius 3 is 2.44 bits per heavy atom. The van der Waals surface area contributed by atoms with Gasteiger partial charge in [0, 0.05) is 6.92 Å². The Morgan fingerprint density at radius 1 is 1.14 bits per heavy atom. The lowest BCUT2D eigenvalue weighted by Gasteiger charge is -2.24. The number of anilines is 1. The lowest BCUT2D eigenvalue weighted by Crippen LogP contribution is -2.30. The van der Waals surface area contributed by atoms with Crippen LogP contribution in [-0.4, -0.2) is 34.2 Å². The van der Waals surface area contributed by atoms with Crippen molar-refractivity contribution in [1.29, 1.82) is 0 Å². The number of benzene rings is 2. The number of ketones is 2. The van der Waals surface area contributed by atoms with E-state index in [0.29, 0.717) is 28.5 Å². The first-order valence-electron chi connectivity index (χ1n) is 11.6. The minimum Gasteiger partial charge on any atom is -0.503 e. The van der Waals surface area contributed by atoms with Gasteiger partial charge in [-0.15, -0.1) is 0 Å². The first kappa shape index (κ1) is 25.1. The summed E-state index contributed by atoms with van der Waals surface area (Å²) in [6, 6.07) is 15.4. The number of ether oxygens (including phenoxy) is 1. The van der Waals surface area contributed by atoms with E-state index in [9.17, 15) is 19.5 Å². The number of aliphatic hydroxyl groups excluding tert-OH is 1. The molecule has 1 unspecified atom stereocenters. The first-order chi connectivity index (χ1) is 17.3. The normalized spacial score (nSPS) is 15.7. The summed E-state index contributed by atoms with van der Waals surface area (Å²) in [5, 5.41) is 11.1. The van der Waals surface area contributed by atoms with Crippen molar-refractivity contribution in [2.24, 2.45) is 0 Å². The number of amides is 1. The second-order valence-corrected chi connectivity index (χ2v) is 9.31. The van der Waals surface area contributed by atoms with E-state index in [0.717, 1.165) is 23.3 Å². The van der Waals surface area contributed by atoms with Gasteiger partial charge < -0.3 is 9.84 Å². The second-order valence-electron chi connectivity index (χ2n) is 8.33. The van der Waals surface area contributed by atoms with Gasteiger partial charge in [-0.05, 0) is 42.7 Å². The quantitative estimate of drug-likeness (QED) is 0.301. The Morgan fingerprint density at radius 2 is 1.83 bits per heavy atom. The van der Waals surface area contributed by atoms with E-state index in [2.05, 4.69) is 4.98 Å². The molecule has 36 heavy (non-hydrogen) atoms. The molecule has 4 rings (SSSR count). The topological polar surface area (TPSA) is 96.8 Å². The summed E-state index contributed by atoms with van der Waals surface area (Å²) in [6.07, 6.45) is 3.84. The number of aryl methyl sites for hydroxylation is 1. The lowest BCUT2D eigenvalue weighted by molar-refractivity contribution is -0.117. The smallest absolute Gasteiger partial charge is 0.296 e. The highest BCUT2D eigenvalue weighted by Crippen LogP contribution is 2.43. The summed E-state index contributed by atoms with van der Waals surface area (Å²) in [4.78, 5) is 44.8. The lowest BCUT2D eigenvalue weighted by atomic mass is 9.95. The predicted molar refractivity (Wildman–Crippen MR) is 139 cm³/mol. The van der Waals surface area contributed by atoms with Crippen LogP contribution in [0, 0.1) is 6.92 Å². The van der Waals surface area contributed by atoms with Gasteiger partial charge in [0.2, 0.25) is 0 Å². The van der Waals surface area contributed by atoms with Gasteiger partial charge >= 0.3 is 0 Å². The maximum Gasteiger partial charge on any atom is 0.296 e. The Balaban J connectivity index is 1.77. The number of hydrogen-bond acceptors (Lipinski definition) is 7. The summed E-state index contributed by atoms with van der Waals surface area (Å²) in [6.45, 7) is 5.69. The monoisotopic (exact) mass is 502 g/mol. The number of carbonyl (C=O) groups is 3. The number of allylic oxidation sites excluding steroid dienone is 1. The van der Waals surface area contributed by atoms with E-state index in [1.165, 1.54) is 17.9 Å². The molecule has 0 bridgehead atoms. The summed E-state index contributed by atoms with van der Waals surface area (Å²) in [7, 11) is 0. The van der Waals surface area contributed by atoms with Crippen molar-refractivity contribution in [3.05, 3.63) is 93.7 Å². The van der Waals surface area contributed by atoms with E-state index >= 15 is 0 Å². The summed E-state index contributed by atoms with van der Waals surface area (Å²) >= 11 is 1.06. The molecule has 0 radical (unpaired) electrons.